The maximum absolute atomic E-state index is 11.1. The zero-order valence-electron chi connectivity index (χ0n) is 12.5. The summed E-state index contributed by atoms with van der Waals surface area (Å²) < 4.78 is 1.92. The van der Waals surface area contributed by atoms with Crippen LogP contribution in [0, 0.1) is 11.8 Å². The molecule has 1 heterocycles. The first-order chi connectivity index (χ1) is 8.71. The summed E-state index contributed by atoms with van der Waals surface area (Å²) >= 11 is 0. The molecule has 108 valence electrons. The summed E-state index contributed by atoms with van der Waals surface area (Å²) in [4.78, 5) is 11.1. The van der Waals surface area contributed by atoms with Gasteiger partial charge in [-0.1, -0.05) is 13.8 Å². The molecule has 1 aromatic heterocycles. The number of nitrogens with one attached hydrogen (secondary N) is 1. The van der Waals surface area contributed by atoms with Crippen molar-refractivity contribution in [3.05, 3.63) is 18.0 Å². The summed E-state index contributed by atoms with van der Waals surface area (Å²) in [6, 6.07) is 0. The number of aliphatic carboxylic acids is 1. The molecule has 5 nitrogen and oxygen atoms in total. The standard InChI is InChI=1S/C14H25N3O2/c1-10(2)12(13(18)19)8-15-6-11-7-16-17(9-11)14(3,4)5/h7,9-10,12,15H,6,8H2,1-5H3,(H,18,19)/t12-/m1/s1. The molecule has 0 spiro atoms. The van der Waals surface area contributed by atoms with Crippen LogP contribution >= 0.6 is 0 Å². The lowest BCUT2D eigenvalue weighted by molar-refractivity contribution is -0.143. The van der Waals surface area contributed by atoms with E-state index in [0.717, 1.165) is 5.56 Å². The number of carboxylic acids is 1. The van der Waals surface area contributed by atoms with Gasteiger partial charge in [0.15, 0.2) is 0 Å². The Morgan fingerprint density at radius 1 is 1.47 bits per heavy atom. The Bertz CT molecular complexity index is 419. The van der Waals surface area contributed by atoms with Gasteiger partial charge in [-0.25, -0.2) is 0 Å². The van der Waals surface area contributed by atoms with Gasteiger partial charge in [0.2, 0.25) is 0 Å². The highest BCUT2D eigenvalue weighted by molar-refractivity contribution is 5.70. The number of aromatic nitrogens is 2. The third-order valence-corrected chi connectivity index (χ3v) is 3.14. The van der Waals surface area contributed by atoms with E-state index in [1.54, 1.807) is 0 Å². The van der Waals surface area contributed by atoms with Gasteiger partial charge in [-0.3, -0.25) is 9.48 Å². The van der Waals surface area contributed by atoms with Gasteiger partial charge >= 0.3 is 5.97 Å². The summed E-state index contributed by atoms with van der Waals surface area (Å²) in [5.41, 5.74) is 1.04. The lowest BCUT2D eigenvalue weighted by Crippen LogP contribution is -2.31. The smallest absolute Gasteiger partial charge is 0.308 e. The quantitative estimate of drug-likeness (QED) is 0.828. The fourth-order valence-corrected chi connectivity index (χ4v) is 1.80. The predicted molar refractivity (Wildman–Crippen MR) is 74.9 cm³/mol. The molecule has 2 N–H and O–H groups in total. The van der Waals surface area contributed by atoms with Crippen molar-refractivity contribution in [3.63, 3.8) is 0 Å². The summed E-state index contributed by atoms with van der Waals surface area (Å²) in [5, 5.41) is 16.6. The van der Waals surface area contributed by atoms with Crippen molar-refractivity contribution < 1.29 is 9.90 Å². The Hall–Kier alpha value is -1.36. The van der Waals surface area contributed by atoms with E-state index < -0.39 is 5.97 Å². The summed E-state index contributed by atoms with van der Waals surface area (Å²) in [7, 11) is 0. The molecule has 0 unspecified atom stereocenters. The third kappa shape index (κ3) is 4.67. The van der Waals surface area contributed by atoms with Crippen LogP contribution in [0.4, 0.5) is 0 Å². The van der Waals surface area contributed by atoms with Crippen molar-refractivity contribution in [2.75, 3.05) is 6.54 Å². The highest BCUT2D eigenvalue weighted by Crippen LogP contribution is 2.13. The molecule has 0 aliphatic carbocycles. The van der Waals surface area contributed by atoms with E-state index in [-0.39, 0.29) is 17.4 Å². The molecule has 1 rings (SSSR count). The second kappa shape index (κ2) is 6.19. The van der Waals surface area contributed by atoms with Crippen LogP contribution in [0.15, 0.2) is 12.4 Å². The van der Waals surface area contributed by atoms with Gasteiger partial charge in [0.25, 0.3) is 0 Å². The van der Waals surface area contributed by atoms with Crippen molar-refractivity contribution in [2.45, 2.75) is 46.7 Å². The van der Waals surface area contributed by atoms with Gasteiger partial charge in [-0.2, -0.15) is 5.10 Å². The Morgan fingerprint density at radius 3 is 2.53 bits per heavy atom. The van der Waals surface area contributed by atoms with Gasteiger partial charge in [0, 0.05) is 24.8 Å². The fourth-order valence-electron chi connectivity index (χ4n) is 1.80. The molecule has 0 aromatic carbocycles. The number of nitrogens with zero attached hydrogens (tertiary/aromatic N) is 2. The van der Waals surface area contributed by atoms with Crippen molar-refractivity contribution in [1.29, 1.82) is 0 Å². The maximum atomic E-state index is 11.1. The van der Waals surface area contributed by atoms with Crippen molar-refractivity contribution in [1.82, 2.24) is 15.1 Å². The largest absolute Gasteiger partial charge is 0.481 e. The van der Waals surface area contributed by atoms with E-state index in [2.05, 4.69) is 31.2 Å². The van der Waals surface area contributed by atoms with Crippen LogP contribution in [0.5, 0.6) is 0 Å². The molecule has 1 atom stereocenters. The van der Waals surface area contributed by atoms with E-state index in [4.69, 9.17) is 5.11 Å². The molecule has 0 fully saturated rings. The number of carbonyl (C=O) groups is 1. The van der Waals surface area contributed by atoms with Gasteiger partial charge in [0.05, 0.1) is 17.7 Å². The molecular weight excluding hydrogens is 242 g/mol. The minimum Gasteiger partial charge on any atom is -0.481 e. The summed E-state index contributed by atoms with van der Waals surface area (Å²) in [6.45, 7) is 11.3. The predicted octanol–water partition coefficient (Wildman–Crippen LogP) is 2.08. The van der Waals surface area contributed by atoms with Gasteiger partial charge in [0.1, 0.15) is 0 Å². The van der Waals surface area contributed by atoms with Gasteiger partial charge in [-0.05, 0) is 26.7 Å². The summed E-state index contributed by atoms with van der Waals surface area (Å²) in [6.07, 6.45) is 3.82. The number of carboxylic acid groups (broad SMARTS) is 1. The molecule has 0 radical (unpaired) electrons. The Kier molecular flexibility index (Phi) is 5.11. The maximum Gasteiger partial charge on any atom is 0.308 e. The third-order valence-electron chi connectivity index (χ3n) is 3.14. The topological polar surface area (TPSA) is 67.2 Å². The van der Waals surface area contributed by atoms with E-state index in [1.165, 1.54) is 0 Å². The number of rotatable bonds is 6. The van der Waals surface area contributed by atoms with Crippen LogP contribution < -0.4 is 5.32 Å². The van der Waals surface area contributed by atoms with Crippen molar-refractivity contribution in [2.24, 2.45) is 11.8 Å². The molecule has 19 heavy (non-hydrogen) atoms. The fraction of sp³-hybridized carbons (Fsp3) is 0.714. The van der Waals surface area contributed by atoms with E-state index in [9.17, 15) is 4.79 Å². The second-order valence-electron chi connectivity index (χ2n) is 6.28. The van der Waals surface area contributed by atoms with Crippen LogP contribution in [0.2, 0.25) is 0 Å². The van der Waals surface area contributed by atoms with E-state index >= 15 is 0 Å². The average molecular weight is 267 g/mol. The number of hydrogen-bond acceptors (Lipinski definition) is 3. The minimum absolute atomic E-state index is 0.0280. The highest BCUT2D eigenvalue weighted by atomic mass is 16.4. The average Bonchev–Trinajstić information content (AvgIpc) is 2.71. The Labute approximate surface area is 115 Å². The van der Waals surface area contributed by atoms with E-state index in [1.807, 2.05) is 30.9 Å². The summed E-state index contributed by atoms with van der Waals surface area (Å²) in [5.74, 6) is -0.965. The molecule has 0 saturated heterocycles. The van der Waals surface area contributed by atoms with Crippen LogP contribution in [-0.2, 0) is 16.9 Å². The lowest BCUT2D eigenvalue weighted by Gasteiger charge is -2.19. The van der Waals surface area contributed by atoms with Crippen molar-refractivity contribution >= 4 is 5.97 Å². The molecule has 0 saturated carbocycles. The molecule has 0 aliphatic rings. The lowest BCUT2D eigenvalue weighted by atomic mass is 9.96. The van der Waals surface area contributed by atoms with Crippen LogP contribution in [0.25, 0.3) is 0 Å². The van der Waals surface area contributed by atoms with Crippen LogP contribution in [0.3, 0.4) is 0 Å². The molecule has 0 aliphatic heterocycles. The number of hydrogen-bond donors (Lipinski definition) is 2. The molecule has 0 amide bonds. The zero-order valence-corrected chi connectivity index (χ0v) is 12.5. The second-order valence-corrected chi connectivity index (χ2v) is 6.28. The highest BCUT2D eigenvalue weighted by Gasteiger charge is 2.21. The zero-order chi connectivity index (χ0) is 14.6. The first-order valence-corrected chi connectivity index (χ1v) is 6.69. The molecule has 1 aromatic rings. The van der Waals surface area contributed by atoms with Gasteiger partial charge in [-0.15, -0.1) is 0 Å². The SMILES string of the molecule is CC(C)[C@@H](CNCc1cnn(C(C)(C)C)c1)C(=O)O. The first-order valence-electron chi connectivity index (χ1n) is 6.69. The van der Waals surface area contributed by atoms with Crippen LogP contribution in [0.1, 0.15) is 40.2 Å². The van der Waals surface area contributed by atoms with E-state index in [0.29, 0.717) is 13.1 Å². The Morgan fingerprint density at radius 2 is 2.11 bits per heavy atom. The molecular formula is C14H25N3O2. The first kappa shape index (κ1) is 15.7. The monoisotopic (exact) mass is 267 g/mol. The normalized spacial score (nSPS) is 13.8. The van der Waals surface area contributed by atoms with Crippen molar-refractivity contribution in [3.8, 4) is 0 Å². The van der Waals surface area contributed by atoms with Crippen LogP contribution in [-0.4, -0.2) is 27.4 Å². The minimum atomic E-state index is -0.743. The molecule has 5 heteroatoms. The van der Waals surface area contributed by atoms with Gasteiger partial charge < -0.3 is 10.4 Å². The Balaban J connectivity index is 2.49. The molecule has 0 bridgehead atoms.